The van der Waals surface area contributed by atoms with Crippen LogP contribution in [0.4, 0.5) is 0 Å². The van der Waals surface area contributed by atoms with Crippen molar-refractivity contribution < 1.29 is 0 Å². The van der Waals surface area contributed by atoms with Gasteiger partial charge in [-0.15, -0.1) is 5.10 Å². The van der Waals surface area contributed by atoms with Crippen LogP contribution in [0.3, 0.4) is 0 Å². The number of hydrogen-bond acceptors (Lipinski definition) is 5. The molecule has 2 heterocycles. The van der Waals surface area contributed by atoms with Crippen LogP contribution in [-0.4, -0.2) is 36.1 Å². The molecule has 0 saturated heterocycles. The highest BCUT2D eigenvalue weighted by atomic mass is 79.9. The Morgan fingerprint density at radius 3 is 2.80 bits per heavy atom. The SMILES string of the molecule is S=c1[nH]nc(Cn2nnc3ccccc32)n1/N=C\c1ccc(Br)cc1. The van der Waals surface area contributed by atoms with Gasteiger partial charge in [0.1, 0.15) is 12.1 Å². The Bertz CT molecular complexity index is 1110. The standard InChI is InChI=1S/C16H12BrN7S/c17-12-7-5-11(6-8-12)9-18-24-15(20-21-16(24)25)10-23-14-4-2-1-3-13(14)19-22-23/h1-9H,10H2,(H,21,25)/b18-9-. The minimum Gasteiger partial charge on any atom is -0.250 e. The van der Waals surface area contributed by atoms with E-state index in [1.54, 1.807) is 15.6 Å². The Hall–Kier alpha value is -2.65. The molecule has 0 unspecified atom stereocenters. The number of rotatable bonds is 4. The molecule has 0 radical (unpaired) electrons. The van der Waals surface area contributed by atoms with Crippen molar-refractivity contribution in [2.75, 3.05) is 0 Å². The normalized spacial score (nSPS) is 11.6. The third kappa shape index (κ3) is 3.28. The van der Waals surface area contributed by atoms with E-state index in [4.69, 9.17) is 12.2 Å². The zero-order chi connectivity index (χ0) is 17.2. The molecule has 0 fully saturated rings. The number of halogens is 1. The maximum atomic E-state index is 5.28. The van der Waals surface area contributed by atoms with Crippen molar-refractivity contribution in [1.82, 2.24) is 29.9 Å². The van der Waals surface area contributed by atoms with Gasteiger partial charge >= 0.3 is 0 Å². The lowest BCUT2D eigenvalue weighted by molar-refractivity contribution is 0.617. The highest BCUT2D eigenvalue weighted by molar-refractivity contribution is 9.10. The fourth-order valence-electron chi connectivity index (χ4n) is 2.39. The van der Waals surface area contributed by atoms with Crippen molar-refractivity contribution in [3.05, 3.63) is 69.2 Å². The van der Waals surface area contributed by atoms with Crippen LogP contribution in [0.5, 0.6) is 0 Å². The van der Waals surface area contributed by atoms with Crippen LogP contribution in [0.1, 0.15) is 11.4 Å². The first-order chi connectivity index (χ1) is 12.2. The summed E-state index contributed by atoms with van der Waals surface area (Å²) in [6, 6.07) is 15.6. The van der Waals surface area contributed by atoms with Gasteiger partial charge < -0.3 is 0 Å². The highest BCUT2D eigenvalue weighted by Gasteiger charge is 2.10. The van der Waals surface area contributed by atoms with Crippen molar-refractivity contribution in [2.45, 2.75) is 6.54 Å². The van der Waals surface area contributed by atoms with Gasteiger partial charge in [0.2, 0.25) is 4.77 Å². The number of aromatic amines is 1. The first kappa shape index (κ1) is 15.9. The summed E-state index contributed by atoms with van der Waals surface area (Å²) in [6.07, 6.45) is 1.74. The maximum Gasteiger partial charge on any atom is 0.216 e. The molecule has 4 rings (SSSR count). The summed E-state index contributed by atoms with van der Waals surface area (Å²) in [5.74, 6) is 0.647. The summed E-state index contributed by atoms with van der Waals surface area (Å²) in [6.45, 7) is 0.408. The largest absolute Gasteiger partial charge is 0.250 e. The van der Waals surface area contributed by atoms with Crippen LogP contribution in [0, 0.1) is 4.77 Å². The minimum atomic E-state index is 0.408. The summed E-state index contributed by atoms with van der Waals surface area (Å²) in [7, 11) is 0. The number of benzene rings is 2. The van der Waals surface area contributed by atoms with Crippen LogP contribution in [0.15, 0.2) is 58.1 Å². The van der Waals surface area contributed by atoms with E-state index in [-0.39, 0.29) is 0 Å². The number of nitrogens with one attached hydrogen (secondary N) is 1. The van der Waals surface area contributed by atoms with Crippen LogP contribution in [-0.2, 0) is 6.54 Å². The molecule has 9 heteroatoms. The summed E-state index contributed by atoms with van der Waals surface area (Å²) < 4.78 is 4.80. The Kier molecular flexibility index (Phi) is 4.24. The second-order valence-electron chi connectivity index (χ2n) is 5.29. The third-order valence-electron chi connectivity index (χ3n) is 3.62. The molecule has 1 N–H and O–H groups in total. The summed E-state index contributed by atoms with van der Waals surface area (Å²) in [5.41, 5.74) is 2.73. The molecular formula is C16H12BrN7S. The van der Waals surface area contributed by atoms with Crippen molar-refractivity contribution in [2.24, 2.45) is 5.10 Å². The molecule has 25 heavy (non-hydrogen) atoms. The Morgan fingerprint density at radius 1 is 1.16 bits per heavy atom. The lowest BCUT2D eigenvalue weighted by Crippen LogP contribution is -2.08. The second-order valence-corrected chi connectivity index (χ2v) is 6.59. The predicted molar refractivity (Wildman–Crippen MR) is 101 cm³/mol. The minimum absolute atomic E-state index is 0.408. The average Bonchev–Trinajstić information content (AvgIpc) is 3.19. The second kappa shape index (κ2) is 6.69. The van der Waals surface area contributed by atoms with Gasteiger partial charge in [-0.3, -0.25) is 5.10 Å². The molecule has 0 aliphatic rings. The molecule has 2 aromatic carbocycles. The van der Waals surface area contributed by atoms with E-state index in [9.17, 15) is 0 Å². The number of fused-ring (bicyclic) bond motifs is 1. The number of hydrogen-bond donors (Lipinski definition) is 1. The molecule has 124 valence electrons. The van der Waals surface area contributed by atoms with E-state index in [0.717, 1.165) is 21.1 Å². The van der Waals surface area contributed by atoms with E-state index < -0.39 is 0 Å². The molecule has 0 amide bonds. The lowest BCUT2D eigenvalue weighted by Gasteiger charge is -2.02. The molecule has 0 aliphatic heterocycles. The van der Waals surface area contributed by atoms with Gasteiger partial charge in [-0.05, 0) is 42.0 Å². The van der Waals surface area contributed by atoms with Crippen LogP contribution in [0.25, 0.3) is 11.0 Å². The number of para-hydroxylation sites is 1. The van der Waals surface area contributed by atoms with Gasteiger partial charge in [-0.25, -0.2) is 4.68 Å². The summed E-state index contributed by atoms with van der Waals surface area (Å²) in [5, 5.41) is 19.8. The molecule has 0 saturated carbocycles. The summed E-state index contributed by atoms with van der Waals surface area (Å²) in [4.78, 5) is 0. The molecular weight excluding hydrogens is 402 g/mol. The Labute approximate surface area is 156 Å². The summed E-state index contributed by atoms with van der Waals surface area (Å²) >= 11 is 8.69. The van der Waals surface area contributed by atoms with Gasteiger partial charge in [0.15, 0.2) is 5.82 Å². The predicted octanol–water partition coefficient (Wildman–Crippen LogP) is 3.38. The van der Waals surface area contributed by atoms with Crippen molar-refractivity contribution in [3.63, 3.8) is 0 Å². The van der Waals surface area contributed by atoms with Gasteiger partial charge in [0.05, 0.1) is 11.7 Å². The van der Waals surface area contributed by atoms with Crippen LogP contribution in [0.2, 0.25) is 0 Å². The lowest BCUT2D eigenvalue weighted by atomic mass is 10.2. The monoisotopic (exact) mass is 413 g/mol. The van der Waals surface area contributed by atoms with E-state index >= 15 is 0 Å². The molecule has 0 bridgehead atoms. The van der Waals surface area contributed by atoms with Gasteiger partial charge in [0, 0.05) is 4.47 Å². The average molecular weight is 414 g/mol. The number of H-pyrrole nitrogens is 1. The molecule has 0 aliphatic carbocycles. The first-order valence-electron chi connectivity index (χ1n) is 7.45. The quantitative estimate of drug-likeness (QED) is 0.410. The first-order valence-corrected chi connectivity index (χ1v) is 8.65. The zero-order valence-electron chi connectivity index (χ0n) is 12.9. The van der Waals surface area contributed by atoms with E-state index in [1.807, 2.05) is 48.5 Å². The smallest absolute Gasteiger partial charge is 0.216 e. The van der Waals surface area contributed by atoms with Gasteiger partial charge in [-0.1, -0.05) is 45.4 Å². The van der Waals surface area contributed by atoms with Gasteiger partial charge in [-0.2, -0.15) is 14.9 Å². The molecule has 2 aromatic heterocycles. The Balaban J connectivity index is 1.65. The fraction of sp³-hybridized carbons (Fsp3) is 0.0625. The highest BCUT2D eigenvalue weighted by Crippen LogP contribution is 2.12. The number of nitrogens with zero attached hydrogens (tertiary/aromatic N) is 6. The van der Waals surface area contributed by atoms with Crippen molar-refractivity contribution in [3.8, 4) is 0 Å². The third-order valence-corrected chi connectivity index (χ3v) is 4.41. The molecule has 7 nitrogen and oxygen atoms in total. The van der Waals surface area contributed by atoms with Crippen LogP contribution >= 0.6 is 28.1 Å². The molecule has 0 atom stereocenters. The van der Waals surface area contributed by atoms with E-state index in [0.29, 0.717) is 17.1 Å². The van der Waals surface area contributed by atoms with Crippen molar-refractivity contribution >= 4 is 45.4 Å². The maximum absolute atomic E-state index is 5.28. The molecule has 0 spiro atoms. The van der Waals surface area contributed by atoms with Crippen molar-refractivity contribution in [1.29, 1.82) is 0 Å². The van der Waals surface area contributed by atoms with E-state index in [2.05, 4.69) is 41.5 Å². The van der Waals surface area contributed by atoms with Crippen LogP contribution < -0.4 is 0 Å². The fourth-order valence-corrected chi connectivity index (χ4v) is 2.85. The zero-order valence-corrected chi connectivity index (χ0v) is 15.3. The number of aromatic nitrogens is 6. The van der Waals surface area contributed by atoms with Gasteiger partial charge in [0.25, 0.3) is 0 Å². The van der Waals surface area contributed by atoms with E-state index in [1.165, 1.54) is 0 Å². The topological polar surface area (TPSA) is 76.7 Å². The Morgan fingerprint density at radius 2 is 1.96 bits per heavy atom. The molecule has 4 aromatic rings.